The van der Waals surface area contributed by atoms with E-state index in [1.54, 1.807) is 30.3 Å². The van der Waals surface area contributed by atoms with Crippen LogP contribution < -0.4 is 5.32 Å². The molecule has 4 rings (SSSR count). The molecule has 0 amide bonds. The van der Waals surface area contributed by atoms with Crippen molar-refractivity contribution in [2.75, 3.05) is 5.32 Å². The van der Waals surface area contributed by atoms with Gasteiger partial charge in [-0.05, 0) is 48.0 Å². The van der Waals surface area contributed by atoms with E-state index < -0.39 is 9.84 Å². The first-order valence-corrected chi connectivity index (χ1v) is 11.7. The van der Waals surface area contributed by atoms with Crippen LogP contribution >= 0.6 is 34.8 Å². The molecule has 0 atom stereocenters. The van der Waals surface area contributed by atoms with Crippen molar-refractivity contribution in [1.29, 1.82) is 0 Å². The minimum absolute atomic E-state index is 0.00945. The van der Waals surface area contributed by atoms with E-state index in [1.165, 1.54) is 24.3 Å². The SMILES string of the molecule is O=S(=O)(c1ccc(Cl)cc1)c1nc(-c2ccccc2Cl)oc1NCc1ccccc1Cl. The molecule has 1 heterocycles. The van der Waals surface area contributed by atoms with Crippen molar-refractivity contribution < 1.29 is 12.8 Å². The van der Waals surface area contributed by atoms with E-state index in [9.17, 15) is 8.42 Å². The molecule has 1 N–H and O–H groups in total. The van der Waals surface area contributed by atoms with E-state index in [0.717, 1.165) is 5.56 Å². The lowest BCUT2D eigenvalue weighted by molar-refractivity contribution is 0.577. The van der Waals surface area contributed by atoms with Crippen LogP contribution in [0.25, 0.3) is 11.5 Å². The molecule has 31 heavy (non-hydrogen) atoms. The Bertz CT molecular complexity index is 1340. The van der Waals surface area contributed by atoms with Crippen LogP contribution in [0, 0.1) is 0 Å². The van der Waals surface area contributed by atoms with Crippen LogP contribution in [-0.4, -0.2) is 13.4 Å². The topological polar surface area (TPSA) is 72.2 Å². The third kappa shape index (κ3) is 4.57. The van der Waals surface area contributed by atoms with Crippen molar-refractivity contribution in [3.8, 4) is 11.5 Å². The fourth-order valence-electron chi connectivity index (χ4n) is 2.89. The third-order valence-electron chi connectivity index (χ3n) is 4.48. The summed E-state index contributed by atoms with van der Waals surface area (Å²) in [7, 11) is -4.00. The van der Waals surface area contributed by atoms with Crippen molar-refractivity contribution in [3.63, 3.8) is 0 Å². The van der Waals surface area contributed by atoms with Crippen molar-refractivity contribution >= 4 is 50.5 Å². The van der Waals surface area contributed by atoms with Gasteiger partial charge in [-0.25, -0.2) is 8.42 Å². The second kappa shape index (κ2) is 8.93. The summed E-state index contributed by atoms with van der Waals surface area (Å²) in [5, 5.41) is 4.11. The smallest absolute Gasteiger partial charge is 0.234 e. The summed E-state index contributed by atoms with van der Waals surface area (Å²) in [6.45, 7) is 0.236. The quantitative estimate of drug-likeness (QED) is 0.322. The van der Waals surface area contributed by atoms with Crippen LogP contribution in [0.2, 0.25) is 15.1 Å². The number of rotatable bonds is 6. The minimum Gasteiger partial charge on any atom is -0.419 e. The molecule has 0 aliphatic rings. The maximum Gasteiger partial charge on any atom is 0.234 e. The summed E-state index contributed by atoms with van der Waals surface area (Å²) in [6.07, 6.45) is 0. The van der Waals surface area contributed by atoms with E-state index in [-0.39, 0.29) is 28.2 Å². The second-order valence-corrected chi connectivity index (χ2v) is 9.65. The Balaban J connectivity index is 1.79. The molecule has 4 aromatic rings. The minimum atomic E-state index is -4.00. The highest BCUT2D eigenvalue weighted by molar-refractivity contribution is 7.91. The number of nitrogens with zero attached hydrogens (tertiary/aromatic N) is 1. The molecule has 0 saturated heterocycles. The van der Waals surface area contributed by atoms with Gasteiger partial charge in [-0.3, -0.25) is 0 Å². The summed E-state index contributed by atoms with van der Waals surface area (Å²) in [5.41, 5.74) is 1.25. The molecule has 0 aliphatic heterocycles. The normalized spacial score (nSPS) is 11.5. The fourth-order valence-corrected chi connectivity index (χ4v) is 4.72. The number of hydrogen-bond acceptors (Lipinski definition) is 5. The second-order valence-electron chi connectivity index (χ2n) is 6.54. The first-order chi connectivity index (χ1) is 14.9. The van der Waals surface area contributed by atoms with Gasteiger partial charge in [-0.15, -0.1) is 0 Å². The van der Waals surface area contributed by atoms with Gasteiger partial charge >= 0.3 is 0 Å². The lowest BCUT2D eigenvalue weighted by atomic mass is 10.2. The zero-order valence-electron chi connectivity index (χ0n) is 15.8. The van der Waals surface area contributed by atoms with Gasteiger partial charge in [0.2, 0.25) is 26.6 Å². The molecule has 3 aromatic carbocycles. The molecule has 0 fully saturated rings. The van der Waals surface area contributed by atoms with Gasteiger partial charge in [-0.2, -0.15) is 4.98 Å². The van der Waals surface area contributed by atoms with E-state index in [2.05, 4.69) is 10.3 Å². The summed E-state index contributed by atoms with van der Waals surface area (Å²) in [6, 6.07) is 19.9. The molecule has 0 unspecified atom stereocenters. The van der Waals surface area contributed by atoms with Gasteiger partial charge in [0.1, 0.15) is 0 Å². The van der Waals surface area contributed by atoms with E-state index in [0.29, 0.717) is 20.6 Å². The Hall–Kier alpha value is -2.51. The predicted octanol–water partition coefficient (Wildman–Crippen LogP) is 6.75. The first kappa shape index (κ1) is 21.7. The molecular formula is C22H15Cl3N2O3S. The molecule has 0 saturated carbocycles. The Kier molecular flexibility index (Phi) is 6.25. The summed E-state index contributed by atoms with van der Waals surface area (Å²) >= 11 is 18.4. The zero-order chi connectivity index (χ0) is 22.0. The van der Waals surface area contributed by atoms with E-state index in [1.807, 2.05) is 18.2 Å². The van der Waals surface area contributed by atoms with Crippen LogP contribution in [0.1, 0.15) is 5.56 Å². The predicted molar refractivity (Wildman–Crippen MR) is 123 cm³/mol. The molecule has 0 bridgehead atoms. The number of nitrogens with one attached hydrogen (secondary N) is 1. The highest BCUT2D eigenvalue weighted by Crippen LogP contribution is 2.35. The highest BCUT2D eigenvalue weighted by atomic mass is 35.5. The van der Waals surface area contributed by atoms with Gasteiger partial charge in [0.15, 0.2) is 0 Å². The fraction of sp³-hybridized carbons (Fsp3) is 0.0455. The van der Waals surface area contributed by atoms with Gasteiger partial charge in [-0.1, -0.05) is 65.1 Å². The Morgan fingerprint density at radius 2 is 1.48 bits per heavy atom. The Morgan fingerprint density at radius 1 is 0.839 bits per heavy atom. The first-order valence-electron chi connectivity index (χ1n) is 9.10. The number of oxazole rings is 1. The average molecular weight is 494 g/mol. The molecular weight excluding hydrogens is 479 g/mol. The molecule has 1 aromatic heterocycles. The van der Waals surface area contributed by atoms with Gasteiger partial charge < -0.3 is 9.73 Å². The summed E-state index contributed by atoms with van der Waals surface area (Å²) in [4.78, 5) is 4.32. The molecule has 0 aliphatic carbocycles. The van der Waals surface area contributed by atoms with E-state index in [4.69, 9.17) is 39.2 Å². The summed E-state index contributed by atoms with van der Waals surface area (Å²) < 4.78 is 32.4. The standard InChI is InChI=1S/C22H15Cl3N2O3S/c23-15-9-11-16(12-10-15)31(28,29)22-21(26-13-14-5-1-3-7-18(14)24)30-20(27-22)17-6-2-4-8-19(17)25/h1-12,26H,13H2. The number of halogens is 3. The number of sulfone groups is 1. The maximum atomic E-state index is 13.3. The van der Waals surface area contributed by atoms with Gasteiger partial charge in [0.25, 0.3) is 0 Å². The number of anilines is 1. The average Bonchev–Trinajstić information content (AvgIpc) is 3.19. The van der Waals surface area contributed by atoms with Crippen LogP contribution in [0.3, 0.4) is 0 Å². The molecule has 0 spiro atoms. The third-order valence-corrected chi connectivity index (χ3v) is 7.10. The van der Waals surface area contributed by atoms with Crippen LogP contribution in [-0.2, 0) is 16.4 Å². The van der Waals surface area contributed by atoms with Crippen molar-refractivity contribution in [1.82, 2.24) is 4.98 Å². The molecule has 158 valence electrons. The largest absolute Gasteiger partial charge is 0.419 e. The maximum absolute atomic E-state index is 13.3. The van der Waals surface area contributed by atoms with Crippen LogP contribution in [0.5, 0.6) is 0 Å². The van der Waals surface area contributed by atoms with Crippen molar-refractivity contribution in [2.45, 2.75) is 16.5 Å². The molecule has 5 nitrogen and oxygen atoms in total. The Morgan fingerprint density at radius 3 is 2.16 bits per heavy atom. The monoisotopic (exact) mass is 492 g/mol. The molecule has 9 heteroatoms. The zero-order valence-corrected chi connectivity index (χ0v) is 18.9. The van der Waals surface area contributed by atoms with Gasteiger partial charge in [0.05, 0.1) is 15.5 Å². The number of aromatic nitrogens is 1. The highest BCUT2D eigenvalue weighted by Gasteiger charge is 2.29. The van der Waals surface area contributed by atoms with Crippen molar-refractivity contribution in [2.24, 2.45) is 0 Å². The van der Waals surface area contributed by atoms with E-state index >= 15 is 0 Å². The van der Waals surface area contributed by atoms with Gasteiger partial charge in [0, 0.05) is 16.6 Å². The molecule has 0 radical (unpaired) electrons. The lowest BCUT2D eigenvalue weighted by Crippen LogP contribution is -2.07. The number of benzene rings is 3. The summed E-state index contributed by atoms with van der Waals surface area (Å²) in [5.74, 6) is 0.0737. The Labute approximate surface area is 194 Å². The van der Waals surface area contributed by atoms with Crippen LogP contribution in [0.15, 0.2) is 87.1 Å². The van der Waals surface area contributed by atoms with Crippen molar-refractivity contribution in [3.05, 3.63) is 93.4 Å². The van der Waals surface area contributed by atoms with Crippen LogP contribution in [0.4, 0.5) is 5.88 Å². The lowest BCUT2D eigenvalue weighted by Gasteiger charge is -2.07. The number of hydrogen-bond donors (Lipinski definition) is 1.